The van der Waals surface area contributed by atoms with Gasteiger partial charge in [-0.3, -0.25) is 14.4 Å². The molecule has 0 spiro atoms. The topological polar surface area (TPSA) is 84.5 Å². The SMILES string of the molecule is CCNC(=O)c1cccc(NC(=O)COC(=O)[C@H](c2ccccc2)[C@H](C)CC)c1. The molecule has 2 rings (SSSR count). The van der Waals surface area contributed by atoms with Crippen molar-refractivity contribution in [1.82, 2.24) is 5.32 Å². The average Bonchev–Trinajstić information content (AvgIpc) is 2.73. The Morgan fingerprint density at radius 3 is 2.38 bits per heavy atom. The molecule has 0 aromatic heterocycles. The Bertz CT molecular complexity index is 836. The van der Waals surface area contributed by atoms with E-state index in [0.29, 0.717) is 17.8 Å². The van der Waals surface area contributed by atoms with Crippen molar-refractivity contribution in [2.45, 2.75) is 33.1 Å². The molecule has 0 bridgehead atoms. The Morgan fingerprint density at radius 2 is 1.72 bits per heavy atom. The molecule has 29 heavy (non-hydrogen) atoms. The molecule has 2 aromatic carbocycles. The molecule has 154 valence electrons. The monoisotopic (exact) mass is 396 g/mol. The molecule has 6 nitrogen and oxygen atoms in total. The van der Waals surface area contributed by atoms with Gasteiger partial charge < -0.3 is 15.4 Å². The highest BCUT2D eigenvalue weighted by molar-refractivity contribution is 5.97. The van der Waals surface area contributed by atoms with Gasteiger partial charge >= 0.3 is 5.97 Å². The Morgan fingerprint density at radius 1 is 1.00 bits per heavy atom. The van der Waals surface area contributed by atoms with Crippen LogP contribution in [0.4, 0.5) is 5.69 Å². The predicted octanol–water partition coefficient (Wildman–Crippen LogP) is 3.75. The zero-order valence-corrected chi connectivity index (χ0v) is 17.1. The van der Waals surface area contributed by atoms with Crippen molar-refractivity contribution in [2.24, 2.45) is 5.92 Å². The number of hydrogen-bond donors (Lipinski definition) is 2. The van der Waals surface area contributed by atoms with Crippen LogP contribution in [-0.4, -0.2) is 30.9 Å². The van der Waals surface area contributed by atoms with E-state index in [-0.39, 0.29) is 18.4 Å². The normalized spacial score (nSPS) is 12.5. The van der Waals surface area contributed by atoms with Gasteiger partial charge in [-0.25, -0.2) is 0 Å². The van der Waals surface area contributed by atoms with Crippen LogP contribution in [0.25, 0.3) is 0 Å². The van der Waals surface area contributed by atoms with E-state index in [1.54, 1.807) is 24.3 Å². The molecule has 0 saturated carbocycles. The number of esters is 1. The number of ether oxygens (including phenoxy) is 1. The summed E-state index contributed by atoms with van der Waals surface area (Å²) in [4.78, 5) is 36.8. The van der Waals surface area contributed by atoms with Gasteiger partial charge in [0.05, 0.1) is 5.92 Å². The highest BCUT2D eigenvalue weighted by Crippen LogP contribution is 2.28. The molecule has 0 heterocycles. The maximum atomic E-state index is 12.7. The lowest BCUT2D eigenvalue weighted by molar-refractivity contribution is -0.150. The Labute approximate surface area is 171 Å². The van der Waals surface area contributed by atoms with Crippen molar-refractivity contribution >= 4 is 23.5 Å². The van der Waals surface area contributed by atoms with Gasteiger partial charge in [-0.15, -0.1) is 0 Å². The number of amides is 2. The molecule has 0 aliphatic heterocycles. The summed E-state index contributed by atoms with van der Waals surface area (Å²) in [6.45, 7) is 5.97. The van der Waals surface area contributed by atoms with E-state index in [1.165, 1.54) is 0 Å². The molecule has 2 aromatic rings. The van der Waals surface area contributed by atoms with E-state index in [9.17, 15) is 14.4 Å². The van der Waals surface area contributed by atoms with Crippen molar-refractivity contribution in [1.29, 1.82) is 0 Å². The van der Waals surface area contributed by atoms with Crippen LogP contribution >= 0.6 is 0 Å². The number of anilines is 1. The van der Waals surface area contributed by atoms with E-state index < -0.39 is 17.8 Å². The summed E-state index contributed by atoms with van der Waals surface area (Å²) in [6, 6.07) is 16.0. The lowest BCUT2D eigenvalue weighted by Crippen LogP contribution is -2.27. The number of benzene rings is 2. The molecule has 0 saturated heterocycles. The van der Waals surface area contributed by atoms with Gasteiger partial charge in [0.15, 0.2) is 6.61 Å². The largest absolute Gasteiger partial charge is 0.455 e. The minimum Gasteiger partial charge on any atom is -0.455 e. The number of hydrogen-bond acceptors (Lipinski definition) is 4. The molecule has 2 amide bonds. The summed E-state index contributed by atoms with van der Waals surface area (Å²) < 4.78 is 5.30. The van der Waals surface area contributed by atoms with Gasteiger partial charge in [-0.2, -0.15) is 0 Å². The fraction of sp³-hybridized carbons (Fsp3) is 0.348. The van der Waals surface area contributed by atoms with E-state index >= 15 is 0 Å². The summed E-state index contributed by atoms with van der Waals surface area (Å²) in [6.07, 6.45) is 0.813. The quantitative estimate of drug-likeness (QED) is 0.632. The van der Waals surface area contributed by atoms with E-state index in [0.717, 1.165) is 12.0 Å². The second-order valence-electron chi connectivity index (χ2n) is 6.87. The first-order valence-corrected chi connectivity index (χ1v) is 9.85. The van der Waals surface area contributed by atoms with Gasteiger partial charge in [-0.1, -0.05) is 56.7 Å². The van der Waals surface area contributed by atoms with Gasteiger partial charge in [0, 0.05) is 17.8 Å². The molecule has 0 radical (unpaired) electrons. The standard InChI is InChI=1S/C23H28N2O4/c1-4-16(3)21(17-10-7-6-8-11-17)23(28)29-15-20(26)25-19-13-9-12-18(14-19)22(27)24-5-2/h6-14,16,21H,4-5,15H2,1-3H3,(H,24,27)(H,25,26)/t16-,21+/m1/s1. The minimum atomic E-state index is -0.456. The molecular formula is C23H28N2O4. The number of carbonyl (C=O) groups is 3. The number of rotatable bonds is 9. The maximum absolute atomic E-state index is 12.7. The molecule has 0 fully saturated rings. The smallest absolute Gasteiger partial charge is 0.314 e. The predicted molar refractivity (Wildman–Crippen MR) is 113 cm³/mol. The third kappa shape index (κ3) is 6.45. The Hall–Kier alpha value is -3.15. The third-order valence-corrected chi connectivity index (χ3v) is 4.72. The fourth-order valence-corrected chi connectivity index (χ4v) is 3.02. The molecule has 6 heteroatoms. The number of carbonyl (C=O) groups excluding carboxylic acids is 3. The minimum absolute atomic E-state index is 0.0849. The number of nitrogens with one attached hydrogen (secondary N) is 2. The van der Waals surface area contributed by atoms with Crippen LogP contribution in [0.5, 0.6) is 0 Å². The van der Waals surface area contributed by atoms with Crippen molar-refractivity contribution in [3.8, 4) is 0 Å². The van der Waals surface area contributed by atoms with Crippen LogP contribution in [0.2, 0.25) is 0 Å². The highest BCUT2D eigenvalue weighted by Gasteiger charge is 2.27. The molecule has 2 N–H and O–H groups in total. The highest BCUT2D eigenvalue weighted by atomic mass is 16.5. The summed E-state index contributed by atoms with van der Waals surface area (Å²) >= 11 is 0. The van der Waals surface area contributed by atoms with E-state index in [1.807, 2.05) is 51.1 Å². The fourth-order valence-electron chi connectivity index (χ4n) is 3.02. The van der Waals surface area contributed by atoms with Crippen LogP contribution in [0.15, 0.2) is 54.6 Å². The van der Waals surface area contributed by atoms with Crippen molar-refractivity contribution in [3.63, 3.8) is 0 Å². The zero-order valence-electron chi connectivity index (χ0n) is 17.1. The average molecular weight is 396 g/mol. The van der Waals surface area contributed by atoms with Crippen molar-refractivity contribution < 1.29 is 19.1 Å². The van der Waals surface area contributed by atoms with E-state index in [2.05, 4.69) is 10.6 Å². The van der Waals surface area contributed by atoms with Gasteiger partial charge in [0.25, 0.3) is 11.8 Å². The second kappa shape index (κ2) is 11.0. The molecule has 2 atom stereocenters. The van der Waals surface area contributed by atoms with Gasteiger partial charge in [0.2, 0.25) is 0 Å². The lowest BCUT2D eigenvalue weighted by Gasteiger charge is -2.21. The van der Waals surface area contributed by atoms with Crippen LogP contribution < -0.4 is 10.6 Å². The Kier molecular flexibility index (Phi) is 8.40. The molecule has 0 aliphatic rings. The third-order valence-electron chi connectivity index (χ3n) is 4.72. The van der Waals surface area contributed by atoms with E-state index in [4.69, 9.17) is 4.74 Å². The first-order chi connectivity index (χ1) is 14.0. The first kappa shape index (κ1) is 22.1. The second-order valence-corrected chi connectivity index (χ2v) is 6.87. The maximum Gasteiger partial charge on any atom is 0.314 e. The first-order valence-electron chi connectivity index (χ1n) is 9.85. The van der Waals surface area contributed by atoms with Crippen molar-refractivity contribution in [2.75, 3.05) is 18.5 Å². The Balaban J connectivity index is 1.98. The van der Waals surface area contributed by atoms with Crippen LogP contribution in [-0.2, 0) is 14.3 Å². The summed E-state index contributed by atoms with van der Waals surface area (Å²) in [5, 5.41) is 5.37. The molecule has 0 unspecified atom stereocenters. The van der Waals surface area contributed by atoms with Gasteiger partial charge in [0.1, 0.15) is 0 Å². The summed E-state index contributed by atoms with van der Waals surface area (Å²) in [7, 11) is 0. The van der Waals surface area contributed by atoms with Crippen LogP contribution in [0, 0.1) is 5.92 Å². The van der Waals surface area contributed by atoms with Crippen LogP contribution in [0.3, 0.4) is 0 Å². The van der Waals surface area contributed by atoms with Gasteiger partial charge in [-0.05, 0) is 36.6 Å². The summed E-state index contributed by atoms with van der Waals surface area (Å²) in [5.74, 6) is -1.43. The summed E-state index contributed by atoms with van der Waals surface area (Å²) in [5.41, 5.74) is 1.79. The van der Waals surface area contributed by atoms with Crippen molar-refractivity contribution in [3.05, 3.63) is 65.7 Å². The van der Waals surface area contributed by atoms with Crippen LogP contribution in [0.1, 0.15) is 49.0 Å². The lowest BCUT2D eigenvalue weighted by atomic mass is 9.86. The molecular weight excluding hydrogens is 368 g/mol. The molecule has 0 aliphatic carbocycles. The zero-order chi connectivity index (χ0) is 21.2.